The zero-order valence-corrected chi connectivity index (χ0v) is 8.44. The predicted octanol–water partition coefficient (Wildman–Crippen LogP) is 2.11. The van der Waals surface area contributed by atoms with Gasteiger partial charge in [-0.25, -0.2) is 9.78 Å². The lowest BCUT2D eigenvalue weighted by Crippen LogP contribution is -1.97. The van der Waals surface area contributed by atoms with Crippen LogP contribution < -0.4 is 0 Å². The molecule has 1 rings (SSSR count). The monoisotopic (exact) mass is 197 g/mol. The van der Waals surface area contributed by atoms with Crippen molar-refractivity contribution in [3.05, 3.63) is 22.2 Å². The molecule has 0 saturated carbocycles. The Kier molecular flexibility index (Phi) is 2.83. The van der Waals surface area contributed by atoms with Crippen molar-refractivity contribution in [2.45, 2.75) is 20.3 Å². The number of aliphatic carboxylic acids is 1. The number of thiazole rings is 1. The first-order chi connectivity index (χ1) is 6.06. The van der Waals surface area contributed by atoms with Gasteiger partial charge < -0.3 is 5.11 Å². The fourth-order valence-corrected chi connectivity index (χ4v) is 1.95. The Hall–Kier alpha value is -1.16. The summed E-state index contributed by atoms with van der Waals surface area (Å²) in [6.45, 7) is 7.30. The minimum atomic E-state index is -0.977. The molecule has 1 N–H and O–H groups in total. The van der Waals surface area contributed by atoms with Crippen LogP contribution in [0.5, 0.6) is 0 Å². The van der Waals surface area contributed by atoms with Crippen LogP contribution in [0.2, 0.25) is 0 Å². The number of hydrogen-bond donors (Lipinski definition) is 1. The van der Waals surface area contributed by atoms with E-state index in [-0.39, 0.29) is 5.57 Å². The van der Waals surface area contributed by atoms with Crippen LogP contribution in [0.4, 0.5) is 0 Å². The normalized spacial score (nSPS) is 10.0. The SMILES string of the molecule is C=C(C(=O)O)c1sc(CC)nc1C. The average Bonchev–Trinajstić information content (AvgIpc) is 2.45. The quantitative estimate of drug-likeness (QED) is 0.755. The maximum Gasteiger partial charge on any atom is 0.336 e. The van der Waals surface area contributed by atoms with E-state index in [0.29, 0.717) is 4.88 Å². The van der Waals surface area contributed by atoms with Gasteiger partial charge in [-0.05, 0) is 13.3 Å². The molecule has 1 heterocycles. The summed E-state index contributed by atoms with van der Waals surface area (Å²) in [6, 6.07) is 0. The van der Waals surface area contributed by atoms with Crippen LogP contribution in [0.15, 0.2) is 6.58 Å². The van der Waals surface area contributed by atoms with Crippen molar-refractivity contribution < 1.29 is 9.90 Å². The molecule has 0 aliphatic rings. The second-order valence-electron chi connectivity index (χ2n) is 2.66. The fourth-order valence-electron chi connectivity index (χ4n) is 0.981. The smallest absolute Gasteiger partial charge is 0.336 e. The van der Waals surface area contributed by atoms with Crippen LogP contribution in [0, 0.1) is 6.92 Å². The topological polar surface area (TPSA) is 50.2 Å². The molecule has 0 atom stereocenters. The Morgan fingerprint density at radius 2 is 2.31 bits per heavy atom. The van der Waals surface area contributed by atoms with Crippen molar-refractivity contribution in [2.75, 3.05) is 0 Å². The number of carboxylic acid groups (broad SMARTS) is 1. The Bertz CT molecular complexity index is 354. The largest absolute Gasteiger partial charge is 0.478 e. The summed E-state index contributed by atoms with van der Waals surface area (Å²) >= 11 is 1.40. The van der Waals surface area contributed by atoms with Gasteiger partial charge in [0.2, 0.25) is 0 Å². The first-order valence-corrected chi connectivity index (χ1v) is 4.76. The Morgan fingerprint density at radius 3 is 2.69 bits per heavy atom. The lowest BCUT2D eigenvalue weighted by atomic mass is 10.2. The summed E-state index contributed by atoms with van der Waals surface area (Å²) < 4.78 is 0. The molecule has 0 aromatic carbocycles. The summed E-state index contributed by atoms with van der Waals surface area (Å²) in [4.78, 5) is 15.5. The number of carboxylic acids is 1. The summed E-state index contributed by atoms with van der Waals surface area (Å²) in [7, 11) is 0. The molecular formula is C9H11NO2S. The zero-order chi connectivity index (χ0) is 10.0. The third-order valence-corrected chi connectivity index (χ3v) is 3.04. The van der Waals surface area contributed by atoms with Gasteiger partial charge in [0.25, 0.3) is 0 Å². The molecule has 0 aliphatic heterocycles. The molecule has 0 saturated heterocycles. The summed E-state index contributed by atoms with van der Waals surface area (Å²) in [6.07, 6.45) is 0.832. The number of hydrogen-bond acceptors (Lipinski definition) is 3. The van der Waals surface area contributed by atoms with E-state index in [4.69, 9.17) is 5.11 Å². The van der Waals surface area contributed by atoms with Crippen LogP contribution in [-0.2, 0) is 11.2 Å². The first kappa shape index (κ1) is 9.92. The molecule has 70 valence electrons. The second kappa shape index (κ2) is 3.70. The first-order valence-electron chi connectivity index (χ1n) is 3.95. The molecule has 1 aromatic heterocycles. The molecule has 0 spiro atoms. The number of nitrogens with zero attached hydrogens (tertiary/aromatic N) is 1. The highest BCUT2D eigenvalue weighted by atomic mass is 32.1. The summed E-state index contributed by atoms with van der Waals surface area (Å²) in [5.41, 5.74) is 0.893. The Balaban J connectivity index is 3.07. The standard InChI is InChI=1S/C9H11NO2S/c1-4-7-10-6(3)8(13-7)5(2)9(11)12/h2,4H2,1,3H3,(H,11,12). The molecule has 13 heavy (non-hydrogen) atoms. The van der Waals surface area contributed by atoms with Gasteiger partial charge in [0.1, 0.15) is 0 Å². The van der Waals surface area contributed by atoms with Gasteiger partial charge in [-0.1, -0.05) is 13.5 Å². The van der Waals surface area contributed by atoms with Crippen LogP contribution in [0.25, 0.3) is 5.57 Å². The lowest BCUT2D eigenvalue weighted by Gasteiger charge is -1.94. The van der Waals surface area contributed by atoms with Crippen molar-refractivity contribution >= 4 is 22.9 Å². The number of aromatic nitrogens is 1. The molecule has 3 nitrogen and oxygen atoms in total. The predicted molar refractivity (Wildman–Crippen MR) is 52.9 cm³/mol. The van der Waals surface area contributed by atoms with E-state index in [0.717, 1.165) is 17.1 Å². The zero-order valence-electron chi connectivity index (χ0n) is 7.63. The van der Waals surface area contributed by atoms with Crippen LogP contribution in [-0.4, -0.2) is 16.1 Å². The molecule has 1 aromatic rings. The molecule has 4 heteroatoms. The van der Waals surface area contributed by atoms with E-state index in [9.17, 15) is 4.79 Å². The van der Waals surface area contributed by atoms with Crippen molar-refractivity contribution in [3.63, 3.8) is 0 Å². The van der Waals surface area contributed by atoms with Gasteiger partial charge in [-0.3, -0.25) is 0 Å². The van der Waals surface area contributed by atoms with Crippen molar-refractivity contribution in [1.29, 1.82) is 0 Å². The minimum absolute atomic E-state index is 0.134. The highest BCUT2D eigenvalue weighted by Crippen LogP contribution is 2.25. The summed E-state index contributed by atoms with van der Waals surface area (Å²) in [5, 5.41) is 9.67. The van der Waals surface area contributed by atoms with Crippen molar-refractivity contribution in [2.24, 2.45) is 0 Å². The van der Waals surface area contributed by atoms with Gasteiger partial charge in [-0.2, -0.15) is 0 Å². The lowest BCUT2D eigenvalue weighted by molar-refractivity contribution is -0.130. The van der Waals surface area contributed by atoms with Gasteiger partial charge >= 0.3 is 5.97 Å². The molecule has 0 radical (unpaired) electrons. The van der Waals surface area contributed by atoms with Crippen LogP contribution in [0.3, 0.4) is 0 Å². The third-order valence-electron chi connectivity index (χ3n) is 1.68. The van der Waals surface area contributed by atoms with E-state index in [2.05, 4.69) is 11.6 Å². The van der Waals surface area contributed by atoms with Gasteiger partial charge in [-0.15, -0.1) is 11.3 Å². The molecular weight excluding hydrogens is 186 g/mol. The Morgan fingerprint density at radius 1 is 1.69 bits per heavy atom. The maximum atomic E-state index is 10.6. The van der Waals surface area contributed by atoms with Gasteiger partial charge in [0.05, 0.1) is 21.2 Å². The van der Waals surface area contributed by atoms with E-state index >= 15 is 0 Å². The van der Waals surface area contributed by atoms with Crippen molar-refractivity contribution in [1.82, 2.24) is 4.98 Å². The molecule has 0 fully saturated rings. The van der Waals surface area contributed by atoms with E-state index in [1.165, 1.54) is 11.3 Å². The highest BCUT2D eigenvalue weighted by molar-refractivity contribution is 7.13. The molecule has 0 unspecified atom stereocenters. The third kappa shape index (κ3) is 1.95. The highest BCUT2D eigenvalue weighted by Gasteiger charge is 2.14. The van der Waals surface area contributed by atoms with Crippen LogP contribution in [0.1, 0.15) is 22.5 Å². The van der Waals surface area contributed by atoms with Crippen LogP contribution >= 0.6 is 11.3 Å². The second-order valence-corrected chi connectivity index (χ2v) is 3.74. The number of aryl methyl sites for hydroxylation is 2. The summed E-state index contributed by atoms with van der Waals surface area (Å²) in [5.74, 6) is -0.977. The van der Waals surface area contributed by atoms with E-state index in [1.54, 1.807) is 6.92 Å². The van der Waals surface area contributed by atoms with Gasteiger partial charge in [0.15, 0.2) is 0 Å². The number of rotatable bonds is 3. The Labute approximate surface area is 80.7 Å². The van der Waals surface area contributed by atoms with Crippen molar-refractivity contribution in [3.8, 4) is 0 Å². The van der Waals surface area contributed by atoms with Gasteiger partial charge in [0, 0.05) is 0 Å². The van der Waals surface area contributed by atoms with E-state index in [1.807, 2.05) is 6.92 Å². The number of carbonyl (C=O) groups is 1. The molecule has 0 aliphatic carbocycles. The molecule has 0 amide bonds. The maximum absolute atomic E-state index is 10.6. The van der Waals surface area contributed by atoms with E-state index < -0.39 is 5.97 Å². The average molecular weight is 197 g/mol. The fraction of sp³-hybridized carbons (Fsp3) is 0.333. The minimum Gasteiger partial charge on any atom is -0.478 e. The molecule has 0 bridgehead atoms.